The van der Waals surface area contributed by atoms with Crippen LogP contribution < -0.4 is 5.32 Å². The van der Waals surface area contributed by atoms with Crippen LogP contribution in [0.2, 0.25) is 0 Å². The maximum atomic E-state index is 14.0. The van der Waals surface area contributed by atoms with Gasteiger partial charge in [0, 0.05) is 5.56 Å². The number of hydrogen-bond donors (Lipinski definition) is 1. The molecule has 0 spiro atoms. The molecule has 31 heavy (non-hydrogen) atoms. The van der Waals surface area contributed by atoms with E-state index in [1.165, 1.54) is 37.6 Å². The first-order valence-corrected chi connectivity index (χ1v) is 9.37. The third-order valence-corrected chi connectivity index (χ3v) is 4.51. The molecule has 0 fully saturated rings. The van der Waals surface area contributed by atoms with Gasteiger partial charge in [-0.05, 0) is 56.3 Å². The van der Waals surface area contributed by atoms with Gasteiger partial charge in [-0.2, -0.15) is 5.10 Å². The van der Waals surface area contributed by atoms with Crippen molar-refractivity contribution in [2.45, 2.75) is 13.8 Å². The quantitative estimate of drug-likeness (QED) is 0.607. The second kappa shape index (κ2) is 9.21. The second-order valence-corrected chi connectivity index (χ2v) is 6.46. The Kier molecular flexibility index (Phi) is 6.44. The third kappa shape index (κ3) is 4.61. The van der Waals surface area contributed by atoms with Crippen LogP contribution in [0.4, 0.5) is 10.1 Å². The molecule has 0 unspecified atom stereocenters. The maximum absolute atomic E-state index is 14.0. The van der Waals surface area contributed by atoms with Gasteiger partial charge >= 0.3 is 11.9 Å². The molecule has 3 aromatic rings. The van der Waals surface area contributed by atoms with E-state index in [0.717, 1.165) is 6.07 Å². The van der Waals surface area contributed by atoms with Gasteiger partial charge in [0.1, 0.15) is 11.4 Å². The van der Waals surface area contributed by atoms with Crippen molar-refractivity contribution < 1.29 is 28.2 Å². The zero-order valence-corrected chi connectivity index (χ0v) is 17.1. The van der Waals surface area contributed by atoms with Crippen molar-refractivity contribution in [2.75, 3.05) is 19.0 Å². The topological polar surface area (TPSA) is 99.5 Å². The van der Waals surface area contributed by atoms with Gasteiger partial charge in [-0.15, -0.1) is 0 Å². The minimum absolute atomic E-state index is 0.112. The lowest BCUT2D eigenvalue weighted by atomic mass is 10.1. The third-order valence-electron chi connectivity index (χ3n) is 4.51. The molecule has 0 aliphatic carbocycles. The Morgan fingerprint density at radius 3 is 2.39 bits per heavy atom. The van der Waals surface area contributed by atoms with E-state index < -0.39 is 23.7 Å². The average molecular weight is 425 g/mol. The summed E-state index contributed by atoms with van der Waals surface area (Å²) in [5.41, 5.74) is 1.81. The number of nitrogens with one attached hydrogen (secondary N) is 1. The Balaban J connectivity index is 1.79. The summed E-state index contributed by atoms with van der Waals surface area (Å²) < 4.78 is 25.2. The van der Waals surface area contributed by atoms with Gasteiger partial charge in [-0.1, -0.05) is 0 Å². The Morgan fingerprint density at radius 2 is 1.74 bits per heavy atom. The minimum atomic E-state index is -0.684. The number of carbonyl (C=O) groups is 3. The molecule has 0 bridgehead atoms. The van der Waals surface area contributed by atoms with Gasteiger partial charge < -0.3 is 14.8 Å². The predicted molar refractivity (Wildman–Crippen MR) is 110 cm³/mol. The van der Waals surface area contributed by atoms with Crippen LogP contribution in [0.3, 0.4) is 0 Å². The molecular weight excluding hydrogens is 405 g/mol. The van der Waals surface area contributed by atoms with E-state index in [1.54, 1.807) is 30.7 Å². The zero-order chi connectivity index (χ0) is 22.5. The van der Waals surface area contributed by atoms with E-state index in [2.05, 4.69) is 15.2 Å². The Hall–Kier alpha value is -4.01. The van der Waals surface area contributed by atoms with Crippen molar-refractivity contribution in [3.05, 3.63) is 76.9 Å². The standard InChI is InChI=1S/C22H20FN3O5/c1-4-31-22(29)17-12-24-26(13(17)2)16-8-5-14(6-9-16)20(27)25-19-11-15(21(28)30-3)7-10-18(19)23/h5-12H,4H2,1-3H3,(H,25,27). The molecular formula is C22H20FN3O5. The van der Waals surface area contributed by atoms with Gasteiger partial charge in [0.15, 0.2) is 0 Å². The number of methoxy groups -OCH3 is 1. The fourth-order valence-corrected chi connectivity index (χ4v) is 2.89. The number of amides is 1. The first kappa shape index (κ1) is 21.7. The first-order chi connectivity index (χ1) is 14.8. The number of rotatable bonds is 6. The lowest BCUT2D eigenvalue weighted by Crippen LogP contribution is -2.14. The van der Waals surface area contributed by atoms with Crippen LogP contribution in [0.5, 0.6) is 0 Å². The summed E-state index contributed by atoms with van der Waals surface area (Å²) >= 11 is 0. The molecule has 8 nitrogen and oxygen atoms in total. The predicted octanol–water partition coefficient (Wildman–Crippen LogP) is 3.54. The van der Waals surface area contributed by atoms with Gasteiger partial charge in [0.2, 0.25) is 0 Å². The van der Waals surface area contributed by atoms with E-state index >= 15 is 0 Å². The van der Waals surface area contributed by atoms with E-state index in [9.17, 15) is 18.8 Å². The Labute approximate surface area is 177 Å². The SMILES string of the molecule is CCOC(=O)c1cnn(-c2ccc(C(=O)Nc3cc(C(=O)OC)ccc3F)cc2)c1C. The summed E-state index contributed by atoms with van der Waals surface area (Å²) in [5, 5.41) is 6.64. The Bertz CT molecular complexity index is 1140. The summed E-state index contributed by atoms with van der Waals surface area (Å²) in [6.45, 7) is 3.71. The number of carbonyl (C=O) groups excluding carboxylic acids is 3. The largest absolute Gasteiger partial charge is 0.465 e. The number of benzene rings is 2. The summed E-state index contributed by atoms with van der Waals surface area (Å²) in [7, 11) is 1.21. The normalized spacial score (nSPS) is 10.5. The maximum Gasteiger partial charge on any atom is 0.341 e. The molecule has 0 atom stereocenters. The summed E-state index contributed by atoms with van der Waals surface area (Å²) in [6.07, 6.45) is 1.42. The number of nitrogens with zero attached hydrogens (tertiary/aromatic N) is 2. The van der Waals surface area contributed by atoms with E-state index in [4.69, 9.17) is 4.74 Å². The number of anilines is 1. The fourth-order valence-electron chi connectivity index (χ4n) is 2.89. The van der Waals surface area contributed by atoms with Crippen LogP contribution in [0.25, 0.3) is 5.69 Å². The molecule has 0 aliphatic heterocycles. The highest BCUT2D eigenvalue weighted by atomic mass is 19.1. The van der Waals surface area contributed by atoms with Crippen molar-refractivity contribution in [2.24, 2.45) is 0 Å². The molecule has 0 radical (unpaired) electrons. The van der Waals surface area contributed by atoms with Crippen LogP contribution in [-0.4, -0.2) is 41.3 Å². The van der Waals surface area contributed by atoms with Crippen molar-refractivity contribution >= 4 is 23.5 Å². The molecule has 2 aromatic carbocycles. The summed E-state index contributed by atoms with van der Waals surface area (Å²) in [6, 6.07) is 9.92. The van der Waals surface area contributed by atoms with Crippen LogP contribution in [-0.2, 0) is 9.47 Å². The number of aromatic nitrogens is 2. The highest BCUT2D eigenvalue weighted by Gasteiger charge is 2.17. The first-order valence-electron chi connectivity index (χ1n) is 9.37. The molecule has 1 N–H and O–H groups in total. The van der Waals surface area contributed by atoms with Crippen molar-refractivity contribution in [1.29, 1.82) is 0 Å². The van der Waals surface area contributed by atoms with Gasteiger partial charge in [0.25, 0.3) is 5.91 Å². The smallest absolute Gasteiger partial charge is 0.341 e. The molecule has 9 heteroatoms. The number of hydrogen-bond acceptors (Lipinski definition) is 6. The summed E-state index contributed by atoms with van der Waals surface area (Å²) in [4.78, 5) is 36.1. The molecule has 0 saturated heterocycles. The number of halogens is 1. The van der Waals surface area contributed by atoms with Crippen molar-refractivity contribution in [3.8, 4) is 5.69 Å². The fraction of sp³-hybridized carbons (Fsp3) is 0.182. The lowest BCUT2D eigenvalue weighted by molar-refractivity contribution is 0.0524. The number of ether oxygens (including phenoxy) is 2. The molecule has 1 aromatic heterocycles. The molecule has 0 saturated carbocycles. The average Bonchev–Trinajstić information content (AvgIpc) is 3.16. The minimum Gasteiger partial charge on any atom is -0.465 e. The second-order valence-electron chi connectivity index (χ2n) is 6.46. The summed E-state index contributed by atoms with van der Waals surface area (Å²) in [5.74, 6) is -2.34. The van der Waals surface area contributed by atoms with Gasteiger partial charge in [-0.25, -0.2) is 18.7 Å². The Morgan fingerprint density at radius 1 is 1.06 bits per heavy atom. The van der Waals surface area contributed by atoms with Gasteiger partial charge in [-0.3, -0.25) is 4.79 Å². The molecule has 0 aliphatic rings. The van der Waals surface area contributed by atoms with Crippen molar-refractivity contribution in [1.82, 2.24) is 9.78 Å². The lowest BCUT2D eigenvalue weighted by Gasteiger charge is -2.09. The van der Waals surface area contributed by atoms with Crippen LogP contribution in [0.1, 0.15) is 43.7 Å². The molecule has 160 valence electrons. The van der Waals surface area contributed by atoms with Gasteiger partial charge in [0.05, 0.1) is 42.5 Å². The highest BCUT2D eigenvalue weighted by molar-refractivity contribution is 6.05. The highest BCUT2D eigenvalue weighted by Crippen LogP contribution is 2.19. The van der Waals surface area contributed by atoms with Crippen LogP contribution in [0, 0.1) is 12.7 Å². The molecule has 1 heterocycles. The van der Waals surface area contributed by atoms with Crippen LogP contribution >= 0.6 is 0 Å². The van der Waals surface area contributed by atoms with E-state index in [-0.39, 0.29) is 23.4 Å². The zero-order valence-electron chi connectivity index (χ0n) is 17.1. The molecule has 3 rings (SSSR count). The van der Waals surface area contributed by atoms with E-state index in [0.29, 0.717) is 16.9 Å². The molecule has 1 amide bonds. The monoisotopic (exact) mass is 425 g/mol. The van der Waals surface area contributed by atoms with Crippen LogP contribution in [0.15, 0.2) is 48.7 Å². The van der Waals surface area contributed by atoms with E-state index in [1.807, 2.05) is 0 Å². The van der Waals surface area contributed by atoms with Crippen molar-refractivity contribution in [3.63, 3.8) is 0 Å². The number of esters is 2.